The first kappa shape index (κ1) is 18.4. The molecule has 1 aliphatic carbocycles. The Labute approximate surface area is 144 Å². The molecule has 0 aromatic carbocycles. The molecule has 0 aliphatic heterocycles. The van der Waals surface area contributed by atoms with Gasteiger partial charge in [-0.25, -0.2) is 4.79 Å². The number of nitrogens with one attached hydrogen (secondary N) is 1. The maximum absolute atomic E-state index is 10.9. The molecular weight excluding hydrogens is 302 g/mol. The highest BCUT2D eigenvalue weighted by Crippen LogP contribution is 2.18. The third-order valence-electron chi connectivity index (χ3n) is 4.26. The van der Waals surface area contributed by atoms with Crippen molar-refractivity contribution in [3.63, 3.8) is 0 Å². The molecule has 5 heteroatoms. The van der Waals surface area contributed by atoms with Crippen LogP contribution in [0.1, 0.15) is 42.2 Å². The highest BCUT2D eigenvalue weighted by Gasteiger charge is 2.07. The number of hydrogen-bond donors (Lipinski definition) is 2. The number of nitrogens with zero attached hydrogens (tertiary/aromatic N) is 2. The molecule has 1 aromatic heterocycles. The van der Waals surface area contributed by atoms with E-state index in [-0.39, 0.29) is 5.56 Å². The van der Waals surface area contributed by atoms with E-state index in [0.29, 0.717) is 6.54 Å². The molecule has 0 bridgehead atoms. The zero-order valence-corrected chi connectivity index (χ0v) is 14.6. The normalized spacial score (nSPS) is 14.5. The molecule has 5 nitrogen and oxygen atoms in total. The predicted molar refractivity (Wildman–Crippen MR) is 96.1 cm³/mol. The Balaban J connectivity index is 1.65. The molecule has 0 saturated heterocycles. The predicted octanol–water partition coefficient (Wildman–Crippen LogP) is 2.86. The summed E-state index contributed by atoms with van der Waals surface area (Å²) in [5.74, 6) is -0.915. The molecule has 1 heterocycles. The van der Waals surface area contributed by atoms with Crippen LogP contribution in [0.2, 0.25) is 0 Å². The zero-order valence-electron chi connectivity index (χ0n) is 14.6. The lowest BCUT2D eigenvalue weighted by Gasteiger charge is -2.20. The summed E-state index contributed by atoms with van der Waals surface area (Å²) in [4.78, 5) is 17.5. The molecule has 0 amide bonds. The number of hydrogen-bond acceptors (Lipinski definition) is 4. The monoisotopic (exact) mass is 329 g/mol. The highest BCUT2D eigenvalue weighted by atomic mass is 16.4. The van der Waals surface area contributed by atoms with Crippen LogP contribution < -0.4 is 5.32 Å². The Hall–Kier alpha value is -1.98. The summed E-state index contributed by atoms with van der Waals surface area (Å²) < 4.78 is 0. The van der Waals surface area contributed by atoms with Crippen molar-refractivity contribution >= 4 is 5.97 Å². The number of carboxylic acid groups (broad SMARTS) is 1. The van der Waals surface area contributed by atoms with Gasteiger partial charge in [0.15, 0.2) is 0 Å². The van der Waals surface area contributed by atoms with Crippen molar-refractivity contribution in [2.24, 2.45) is 0 Å². The number of likely N-dealkylation sites (N-methyl/N-ethyl adjacent to an activating group) is 1. The van der Waals surface area contributed by atoms with E-state index in [1.165, 1.54) is 30.1 Å². The van der Waals surface area contributed by atoms with Crippen molar-refractivity contribution in [1.29, 1.82) is 0 Å². The van der Waals surface area contributed by atoms with Crippen LogP contribution in [-0.4, -0.2) is 47.6 Å². The SMILES string of the molecule is CC1=C(CN(C)CCCNCc2cc(C(=O)O)ccn2)C=CCC1. The molecule has 24 heavy (non-hydrogen) atoms. The number of aromatic nitrogens is 1. The average molecular weight is 329 g/mol. The van der Waals surface area contributed by atoms with Gasteiger partial charge < -0.3 is 15.3 Å². The van der Waals surface area contributed by atoms with Crippen LogP contribution in [-0.2, 0) is 6.54 Å². The molecule has 0 spiro atoms. The summed E-state index contributed by atoms with van der Waals surface area (Å²) in [5.41, 5.74) is 4.00. The van der Waals surface area contributed by atoms with Gasteiger partial charge in [0, 0.05) is 19.3 Å². The van der Waals surface area contributed by atoms with Crippen molar-refractivity contribution in [2.45, 2.75) is 32.7 Å². The van der Waals surface area contributed by atoms with Gasteiger partial charge in [-0.15, -0.1) is 0 Å². The standard InChI is InChI=1S/C19H27N3O2/c1-15-6-3-4-7-17(15)14-22(2)11-5-9-20-13-18-12-16(19(23)24)8-10-21-18/h4,7-8,10,12,20H,3,5-6,9,11,13-14H2,1-2H3,(H,23,24). The average Bonchev–Trinajstić information content (AvgIpc) is 2.57. The van der Waals surface area contributed by atoms with Gasteiger partial charge in [-0.05, 0) is 64.0 Å². The fraction of sp³-hybridized carbons (Fsp3) is 0.474. The van der Waals surface area contributed by atoms with E-state index in [2.05, 4.69) is 41.3 Å². The maximum atomic E-state index is 10.9. The summed E-state index contributed by atoms with van der Waals surface area (Å²) >= 11 is 0. The Morgan fingerprint density at radius 1 is 1.46 bits per heavy atom. The van der Waals surface area contributed by atoms with E-state index in [1.807, 2.05) is 0 Å². The van der Waals surface area contributed by atoms with E-state index in [0.717, 1.165) is 31.7 Å². The van der Waals surface area contributed by atoms with Gasteiger partial charge >= 0.3 is 5.97 Å². The molecule has 0 saturated carbocycles. The van der Waals surface area contributed by atoms with Crippen molar-refractivity contribution in [3.05, 3.63) is 52.9 Å². The third-order valence-corrected chi connectivity index (χ3v) is 4.26. The smallest absolute Gasteiger partial charge is 0.335 e. The van der Waals surface area contributed by atoms with E-state index in [1.54, 1.807) is 12.3 Å². The second-order valence-electron chi connectivity index (χ2n) is 6.36. The largest absolute Gasteiger partial charge is 0.478 e. The minimum absolute atomic E-state index is 0.283. The minimum Gasteiger partial charge on any atom is -0.478 e. The quantitative estimate of drug-likeness (QED) is 0.682. The van der Waals surface area contributed by atoms with Crippen molar-refractivity contribution in [3.8, 4) is 0 Å². The van der Waals surface area contributed by atoms with Crippen molar-refractivity contribution in [1.82, 2.24) is 15.2 Å². The van der Waals surface area contributed by atoms with Crippen LogP contribution in [0.5, 0.6) is 0 Å². The summed E-state index contributed by atoms with van der Waals surface area (Å²) in [7, 11) is 2.15. The van der Waals surface area contributed by atoms with Crippen molar-refractivity contribution < 1.29 is 9.90 Å². The molecule has 2 N–H and O–H groups in total. The van der Waals surface area contributed by atoms with Gasteiger partial charge in [-0.3, -0.25) is 4.98 Å². The van der Waals surface area contributed by atoms with Crippen LogP contribution >= 0.6 is 0 Å². The van der Waals surface area contributed by atoms with Crippen LogP contribution in [0.3, 0.4) is 0 Å². The van der Waals surface area contributed by atoms with Gasteiger partial charge in [-0.2, -0.15) is 0 Å². The summed E-state index contributed by atoms with van der Waals surface area (Å²) in [5, 5.41) is 12.3. The Bertz CT molecular complexity index is 623. The van der Waals surface area contributed by atoms with Gasteiger partial charge in [0.1, 0.15) is 0 Å². The van der Waals surface area contributed by atoms with E-state index in [9.17, 15) is 4.79 Å². The first-order chi connectivity index (χ1) is 11.6. The van der Waals surface area contributed by atoms with Crippen molar-refractivity contribution in [2.75, 3.05) is 26.7 Å². The van der Waals surface area contributed by atoms with Gasteiger partial charge in [0.2, 0.25) is 0 Å². The first-order valence-electron chi connectivity index (χ1n) is 8.49. The molecule has 130 valence electrons. The molecule has 0 fully saturated rings. The van der Waals surface area contributed by atoms with Crippen LogP contribution in [0.4, 0.5) is 0 Å². The second-order valence-corrected chi connectivity index (χ2v) is 6.36. The lowest BCUT2D eigenvalue weighted by Crippen LogP contribution is -2.26. The third kappa shape index (κ3) is 5.91. The van der Waals surface area contributed by atoms with Gasteiger partial charge in [0.25, 0.3) is 0 Å². The van der Waals surface area contributed by atoms with E-state index < -0.39 is 5.97 Å². The summed E-state index contributed by atoms with van der Waals surface area (Å²) in [6.07, 6.45) is 9.46. The van der Waals surface area contributed by atoms with E-state index in [4.69, 9.17) is 5.11 Å². The number of pyridine rings is 1. The Kier molecular flexibility index (Phi) is 7.15. The molecule has 0 atom stereocenters. The van der Waals surface area contributed by atoms with Crippen LogP contribution in [0, 0.1) is 0 Å². The lowest BCUT2D eigenvalue weighted by molar-refractivity contribution is 0.0696. The topological polar surface area (TPSA) is 65.5 Å². The van der Waals surface area contributed by atoms with E-state index >= 15 is 0 Å². The molecule has 0 radical (unpaired) electrons. The zero-order chi connectivity index (χ0) is 17.4. The van der Waals surface area contributed by atoms with Gasteiger partial charge in [-0.1, -0.05) is 17.7 Å². The lowest BCUT2D eigenvalue weighted by atomic mass is 9.99. The number of aromatic carboxylic acids is 1. The number of carboxylic acids is 1. The van der Waals surface area contributed by atoms with Crippen LogP contribution in [0.25, 0.3) is 0 Å². The Morgan fingerprint density at radius 2 is 2.29 bits per heavy atom. The summed E-state index contributed by atoms with van der Waals surface area (Å²) in [6, 6.07) is 3.13. The first-order valence-corrected chi connectivity index (χ1v) is 8.49. The molecule has 0 unspecified atom stereocenters. The highest BCUT2D eigenvalue weighted by molar-refractivity contribution is 5.87. The summed E-state index contributed by atoms with van der Waals surface area (Å²) in [6.45, 7) is 5.74. The number of rotatable bonds is 9. The molecule has 1 aromatic rings. The molecular formula is C19H27N3O2. The van der Waals surface area contributed by atoms with Crippen LogP contribution in [0.15, 0.2) is 41.6 Å². The minimum atomic E-state index is -0.915. The molecule has 1 aliphatic rings. The Morgan fingerprint density at radius 3 is 3.04 bits per heavy atom. The van der Waals surface area contributed by atoms with Gasteiger partial charge in [0.05, 0.1) is 11.3 Å². The molecule has 2 rings (SSSR count). The fourth-order valence-corrected chi connectivity index (χ4v) is 2.78. The number of allylic oxidation sites excluding steroid dienone is 2. The second kappa shape index (κ2) is 9.35. The number of carbonyl (C=O) groups is 1. The fourth-order valence-electron chi connectivity index (χ4n) is 2.78. The maximum Gasteiger partial charge on any atom is 0.335 e.